The average Bonchev–Trinajstić information content (AvgIpc) is 2.53. The lowest BCUT2D eigenvalue weighted by molar-refractivity contribution is -0.172. The fourth-order valence-corrected chi connectivity index (χ4v) is 11.7. The van der Waals surface area contributed by atoms with Crippen LogP contribution in [0.1, 0.15) is 135 Å². The summed E-state index contributed by atoms with van der Waals surface area (Å²) in [6.45, 7) is 3.91. The number of nitrogens with one attached hydrogen (secondary N) is 2. The molecule has 1 aliphatic carbocycles. The highest BCUT2D eigenvalue weighted by molar-refractivity contribution is 6.15. The number of unbranched alkanes of at least 4 members (excludes halogenated alkanes) is 2. The summed E-state index contributed by atoms with van der Waals surface area (Å²) in [5.41, 5.74) is 2.94. The van der Waals surface area contributed by atoms with E-state index >= 15 is 9.18 Å². The number of likely N-dealkylation sites (N-methyl/N-ethyl adjacent to an activating group) is 1. The van der Waals surface area contributed by atoms with Gasteiger partial charge in [0.15, 0.2) is 23.3 Å². The van der Waals surface area contributed by atoms with E-state index in [0.717, 1.165) is 11.1 Å². The highest BCUT2D eigenvalue weighted by Crippen LogP contribution is 2.48. The maximum Gasteiger partial charge on any atom is 0.343 e. The molecule has 3 aliphatic heterocycles. The minimum Gasteiger partial charge on any atom is -0.458 e. The van der Waals surface area contributed by atoms with E-state index in [4.69, 9.17) is 14.5 Å². The molecular weight excluding hydrogens is 1070 g/mol. The van der Waals surface area contributed by atoms with Crippen LogP contribution in [0.5, 0.6) is 0 Å². The Morgan fingerprint density at radius 3 is 2.30 bits per heavy atom. The van der Waals surface area contributed by atoms with E-state index in [0.29, 0.717) is 82.2 Å². The van der Waals surface area contributed by atoms with Gasteiger partial charge in [0.2, 0.25) is 11.8 Å². The number of imide groups is 1. The smallest absolute Gasteiger partial charge is 0.343 e. The molecule has 0 saturated carbocycles. The number of amides is 5. The van der Waals surface area contributed by atoms with Gasteiger partial charge in [0.05, 0.1) is 54.8 Å². The van der Waals surface area contributed by atoms with Crippen LogP contribution < -0.4 is 16.2 Å². The molecule has 0 spiro atoms. The third kappa shape index (κ3) is 12.5. The van der Waals surface area contributed by atoms with E-state index in [1.54, 1.807) is 81.2 Å². The Morgan fingerprint density at radius 2 is 1.59 bits per heavy atom. The van der Waals surface area contributed by atoms with Crippen molar-refractivity contribution < 1.29 is 62.1 Å². The van der Waals surface area contributed by atoms with Crippen molar-refractivity contribution >= 4 is 63.8 Å². The SMILES string of the molecule is CC[C@@]1(O)C(=O)OCc2c1cc1n(c2=O)Cc2c-1nc1cc(F)c(C)c3c1c2[C@@H](N(C)C(=O)C(OCCC(=O)CNC(=O)[C@@H](CC(=O)CNC(=O)CCC(=O)CCCCCN1C(=O)C=C(C)C1=O)Cc1ccccc1)c1ccccc1)CC3. The Bertz CT molecular complexity index is 3540. The first-order valence-corrected chi connectivity index (χ1v) is 28.2. The molecule has 5 aromatic rings. The number of carbonyl (C=O) groups is 9. The molecule has 3 aromatic carbocycles. The van der Waals surface area contributed by atoms with Crippen molar-refractivity contribution in [1.29, 1.82) is 0 Å². The summed E-state index contributed by atoms with van der Waals surface area (Å²) in [7, 11) is 1.65. The van der Waals surface area contributed by atoms with Gasteiger partial charge in [-0.3, -0.25) is 48.1 Å². The van der Waals surface area contributed by atoms with Crippen molar-refractivity contribution in [3.05, 3.63) is 145 Å². The predicted octanol–water partition coefficient (Wildman–Crippen LogP) is 5.97. The zero-order valence-corrected chi connectivity index (χ0v) is 47.0. The molecule has 83 heavy (non-hydrogen) atoms. The first-order valence-electron chi connectivity index (χ1n) is 28.2. The summed E-state index contributed by atoms with van der Waals surface area (Å²) >= 11 is 0. The Kier molecular flexibility index (Phi) is 18.2. The first-order chi connectivity index (χ1) is 39.8. The van der Waals surface area contributed by atoms with Gasteiger partial charge >= 0.3 is 5.97 Å². The van der Waals surface area contributed by atoms with Gasteiger partial charge in [-0.2, -0.15) is 0 Å². The quantitative estimate of drug-likeness (QED) is 0.0322. The molecule has 0 fully saturated rings. The van der Waals surface area contributed by atoms with E-state index < -0.39 is 76.8 Å². The van der Waals surface area contributed by atoms with E-state index in [2.05, 4.69) is 10.6 Å². The van der Waals surface area contributed by atoms with Crippen LogP contribution in [0.15, 0.2) is 89.2 Å². The van der Waals surface area contributed by atoms with Gasteiger partial charge in [-0.15, -0.1) is 0 Å². The molecule has 20 heteroatoms. The molecule has 19 nitrogen and oxygen atoms in total. The van der Waals surface area contributed by atoms with Crippen LogP contribution in [-0.2, 0) is 84.2 Å². The second-order valence-electron chi connectivity index (χ2n) is 21.9. The summed E-state index contributed by atoms with van der Waals surface area (Å²) < 4.78 is 28.8. The van der Waals surface area contributed by atoms with Gasteiger partial charge in [-0.05, 0) is 86.3 Å². The highest BCUT2D eigenvalue weighted by atomic mass is 19.1. The fraction of sp³-hybridized carbons (Fsp3) is 0.413. The zero-order valence-electron chi connectivity index (χ0n) is 47.0. The third-order valence-electron chi connectivity index (χ3n) is 16.4. The topological polar surface area (TPSA) is 258 Å². The Labute approximate surface area is 478 Å². The fourth-order valence-electron chi connectivity index (χ4n) is 11.7. The van der Waals surface area contributed by atoms with Gasteiger partial charge in [0.1, 0.15) is 18.2 Å². The van der Waals surface area contributed by atoms with Crippen LogP contribution in [0.3, 0.4) is 0 Å². The van der Waals surface area contributed by atoms with Crippen LogP contribution in [0.25, 0.3) is 22.3 Å². The van der Waals surface area contributed by atoms with Crippen molar-refractivity contribution in [2.24, 2.45) is 5.92 Å². The van der Waals surface area contributed by atoms with Crippen molar-refractivity contribution in [2.75, 3.05) is 33.3 Å². The van der Waals surface area contributed by atoms with Crippen molar-refractivity contribution in [3.63, 3.8) is 0 Å². The van der Waals surface area contributed by atoms with Gasteiger partial charge in [0, 0.05) is 85.8 Å². The van der Waals surface area contributed by atoms with Crippen molar-refractivity contribution in [1.82, 2.24) is 30.0 Å². The molecule has 5 heterocycles. The average molecular weight is 1140 g/mol. The lowest BCUT2D eigenvalue weighted by Gasteiger charge is -2.36. The molecule has 434 valence electrons. The molecule has 9 rings (SSSR count). The maximum absolute atomic E-state index is 15.7. The molecule has 2 aromatic heterocycles. The molecule has 0 bridgehead atoms. The van der Waals surface area contributed by atoms with E-state index in [1.165, 1.54) is 21.6 Å². The van der Waals surface area contributed by atoms with Gasteiger partial charge < -0.3 is 34.7 Å². The number of hydrogen-bond donors (Lipinski definition) is 3. The number of esters is 1. The summed E-state index contributed by atoms with van der Waals surface area (Å²) in [4.78, 5) is 139. The lowest BCUT2D eigenvalue weighted by Crippen LogP contribution is -2.44. The van der Waals surface area contributed by atoms with Crippen molar-refractivity contribution in [2.45, 2.75) is 129 Å². The minimum atomic E-state index is -2.07. The summed E-state index contributed by atoms with van der Waals surface area (Å²) in [5.74, 6) is -5.35. The number of fused-ring (bicyclic) bond motifs is 5. The first kappa shape index (κ1) is 59.3. The number of cyclic esters (lactones) is 1. The molecule has 3 N–H and O–H groups in total. The number of Topliss-reactive ketones (excluding diaryl/α,β-unsaturated/α-hetero) is 3. The van der Waals surface area contributed by atoms with Gasteiger partial charge in [0.25, 0.3) is 23.3 Å². The molecule has 5 amide bonds. The number of hydrogen-bond acceptors (Lipinski definition) is 14. The second kappa shape index (κ2) is 25.4. The Hall–Kier alpha value is -8.36. The van der Waals surface area contributed by atoms with E-state index in [-0.39, 0.29) is 107 Å². The molecule has 4 aliphatic rings. The lowest BCUT2D eigenvalue weighted by atomic mass is 9.81. The number of carbonyl (C=O) groups excluding carboxylic acids is 9. The normalized spacial score (nSPS) is 17.5. The van der Waals surface area contributed by atoms with Gasteiger partial charge in [-0.1, -0.05) is 74.0 Å². The number of benzene rings is 3. The molecule has 1 unspecified atom stereocenters. The molecule has 4 atom stereocenters. The number of rotatable bonds is 26. The summed E-state index contributed by atoms with van der Waals surface area (Å²) in [5, 5.41) is 17.4. The van der Waals surface area contributed by atoms with Crippen LogP contribution in [0.2, 0.25) is 0 Å². The van der Waals surface area contributed by atoms with Crippen LogP contribution in [-0.4, -0.2) is 111 Å². The Balaban J connectivity index is 0.816. The number of halogens is 1. The molecule has 0 radical (unpaired) electrons. The highest BCUT2D eigenvalue weighted by Gasteiger charge is 2.46. The largest absolute Gasteiger partial charge is 0.458 e. The maximum atomic E-state index is 15.7. The second-order valence-corrected chi connectivity index (χ2v) is 21.9. The number of aryl methyl sites for hydroxylation is 1. The molecular formula is C63H67FN6O13. The van der Waals surface area contributed by atoms with Crippen LogP contribution >= 0.6 is 0 Å². The monoisotopic (exact) mass is 1130 g/mol. The van der Waals surface area contributed by atoms with Crippen LogP contribution in [0, 0.1) is 18.7 Å². The van der Waals surface area contributed by atoms with Gasteiger partial charge in [-0.25, -0.2) is 14.2 Å². The zero-order chi connectivity index (χ0) is 59.3. The third-order valence-corrected chi connectivity index (χ3v) is 16.4. The molecule has 0 saturated heterocycles. The number of pyridine rings is 2. The summed E-state index contributed by atoms with van der Waals surface area (Å²) in [6.07, 6.45) is 2.32. The number of ketones is 3. The number of aliphatic hydroxyl groups is 1. The van der Waals surface area contributed by atoms with Crippen LogP contribution in [0.4, 0.5) is 4.39 Å². The number of ether oxygens (including phenoxy) is 2. The van der Waals surface area contributed by atoms with E-state index in [1.807, 2.05) is 18.2 Å². The van der Waals surface area contributed by atoms with Crippen molar-refractivity contribution in [3.8, 4) is 11.4 Å². The number of aromatic nitrogens is 2. The number of nitrogens with zero attached hydrogens (tertiary/aromatic N) is 4. The Morgan fingerprint density at radius 1 is 0.867 bits per heavy atom. The summed E-state index contributed by atoms with van der Waals surface area (Å²) in [6, 6.07) is 20.1. The minimum absolute atomic E-state index is 0.0271. The standard InChI is InChI=1S/C63H67FN6O13/c1-5-63(81)47-30-51-56-45(34-70(51)60(78)46(47)35-83-62(63)80)55-50(22-21-44-37(3)48(64)31-49(67-56)54(44)55)68(4)61(79)57(39-17-11-7-12-18-39)82-26-24-42(72)32-66-58(76)40(28-38-15-9-6-10-16-38)29-43(73)33-65-52(74)23-20-41(71)19-13-8-14-25-69-53(75)27-36(2)59(69)77/h6-7,9-12,15-18,27,30-31,40,50,57,81H,5,8,13-14,19-26,28-29,32-35H2,1-4H3,(H,65,74)(H,66,76)/t40-,50+,57?,63+/m1/s1. The predicted molar refractivity (Wildman–Crippen MR) is 300 cm³/mol. The van der Waals surface area contributed by atoms with E-state index in [9.17, 15) is 48.3 Å².